The second kappa shape index (κ2) is 20.7. The van der Waals surface area contributed by atoms with Crippen molar-refractivity contribution in [3.63, 3.8) is 0 Å². The molecule has 3 aromatic carbocycles. The van der Waals surface area contributed by atoms with E-state index in [1.54, 1.807) is 94.4 Å². The Bertz CT molecular complexity index is 1750. The van der Waals surface area contributed by atoms with Gasteiger partial charge in [0, 0.05) is 6.42 Å². The highest BCUT2D eigenvalue weighted by Crippen LogP contribution is 2.31. The number of likely N-dealkylation sites (N-methyl/N-ethyl adjacent to an activating group) is 1. The molecule has 3 aromatic rings. The highest BCUT2D eigenvalue weighted by atomic mass is 16.7. The number of phenols is 1. The molecule has 0 aromatic heterocycles. The van der Waals surface area contributed by atoms with Crippen molar-refractivity contribution in [2.45, 2.75) is 116 Å². The Kier molecular flexibility index (Phi) is 16.7. The van der Waals surface area contributed by atoms with Crippen LogP contribution in [0, 0.1) is 5.92 Å². The number of unbranched alkanes of at least 4 members (excludes halogenated alkanes) is 1. The van der Waals surface area contributed by atoms with Gasteiger partial charge in [-0.15, -0.1) is 0 Å². The van der Waals surface area contributed by atoms with Crippen molar-refractivity contribution in [1.82, 2.24) is 10.2 Å². The first-order chi connectivity index (χ1) is 26.4. The van der Waals surface area contributed by atoms with Gasteiger partial charge in [-0.2, -0.15) is 0 Å². The van der Waals surface area contributed by atoms with E-state index in [4.69, 9.17) is 19.9 Å². The maximum absolute atomic E-state index is 14.8. The van der Waals surface area contributed by atoms with E-state index < -0.39 is 77.5 Å². The number of hydrogen-bond donors (Lipinski definition) is 4. The maximum atomic E-state index is 14.8. The number of esters is 1. The Balaban J connectivity index is 2.16. The SMILES string of the molecule is CCCC[C@H](C)[C@H](O)C(C(=O)C(=O)[C@@H](N)Cc1ccc(O)cc1)N(C)[C@@](Cc1ccccc1)(OC(=O)OC(C)(C)C)C(=O)N[C@H](C)C(=O)OCc1ccccc1. The van der Waals surface area contributed by atoms with Crippen molar-refractivity contribution >= 4 is 29.6 Å². The van der Waals surface area contributed by atoms with E-state index in [0.29, 0.717) is 29.5 Å². The van der Waals surface area contributed by atoms with Gasteiger partial charge in [0.1, 0.15) is 30.0 Å². The van der Waals surface area contributed by atoms with Crippen LogP contribution in [0.2, 0.25) is 0 Å². The maximum Gasteiger partial charge on any atom is 0.511 e. The molecule has 0 aliphatic rings. The van der Waals surface area contributed by atoms with Gasteiger partial charge in [-0.1, -0.05) is 99.5 Å². The lowest BCUT2D eigenvalue weighted by atomic mass is 9.85. The monoisotopic (exact) mass is 775 g/mol. The average molecular weight is 776 g/mol. The van der Waals surface area contributed by atoms with Crippen molar-refractivity contribution in [1.29, 1.82) is 0 Å². The number of amides is 1. The number of rotatable bonds is 20. The molecule has 0 heterocycles. The van der Waals surface area contributed by atoms with E-state index in [1.807, 2.05) is 13.0 Å². The lowest BCUT2D eigenvalue weighted by Crippen LogP contribution is -2.69. The van der Waals surface area contributed by atoms with Crippen molar-refractivity contribution in [3.8, 4) is 5.75 Å². The number of aliphatic hydroxyl groups is 1. The molecular formula is C43H57N3O10. The number of benzene rings is 3. The summed E-state index contributed by atoms with van der Waals surface area (Å²) in [6.07, 6.45) is -1.42. The number of aromatic hydroxyl groups is 1. The number of ketones is 2. The van der Waals surface area contributed by atoms with E-state index in [9.17, 15) is 34.2 Å². The van der Waals surface area contributed by atoms with E-state index >= 15 is 0 Å². The van der Waals surface area contributed by atoms with Gasteiger partial charge in [0.2, 0.25) is 11.6 Å². The number of carbonyl (C=O) groups excluding carboxylic acids is 5. The molecule has 0 bridgehead atoms. The van der Waals surface area contributed by atoms with Gasteiger partial charge in [0.25, 0.3) is 11.6 Å². The zero-order valence-corrected chi connectivity index (χ0v) is 33.4. The quantitative estimate of drug-likeness (QED) is 0.0681. The van der Waals surface area contributed by atoms with Crippen LogP contribution in [0.5, 0.6) is 5.75 Å². The summed E-state index contributed by atoms with van der Waals surface area (Å²) in [5, 5.41) is 24.3. The molecule has 5 N–H and O–H groups in total. The third-order valence-corrected chi connectivity index (χ3v) is 9.35. The van der Waals surface area contributed by atoms with Crippen LogP contribution in [-0.4, -0.2) is 87.3 Å². The molecule has 3 rings (SSSR count). The minimum absolute atomic E-state index is 0.00685. The fourth-order valence-electron chi connectivity index (χ4n) is 6.12. The normalized spacial score (nSPS) is 15.3. The van der Waals surface area contributed by atoms with Gasteiger partial charge in [-0.25, -0.2) is 14.5 Å². The summed E-state index contributed by atoms with van der Waals surface area (Å²) in [6, 6.07) is 18.9. The van der Waals surface area contributed by atoms with Gasteiger partial charge in [-0.3, -0.25) is 14.4 Å². The predicted octanol–water partition coefficient (Wildman–Crippen LogP) is 5.03. The lowest BCUT2D eigenvalue weighted by molar-refractivity contribution is -0.186. The third-order valence-electron chi connectivity index (χ3n) is 9.35. The largest absolute Gasteiger partial charge is 0.511 e. The standard InChI is InChI=1S/C43H57N3O10/c1-8-9-16-28(2)36(48)35(38(50)37(49)34(44)25-30-21-23-33(47)24-22-30)46(7)43(26-31-17-12-10-13-18-31,56-41(53)55-42(4,5)6)40(52)45-29(3)39(51)54-27-32-19-14-11-15-20-32/h10-15,17-24,28-29,34-36,47-48H,8-9,16,25-27,44H2,1-7H3,(H,45,52)/t28-,29+,34-,35?,36-,43-/m0/s1. The van der Waals surface area contributed by atoms with Gasteiger partial charge < -0.3 is 35.5 Å². The number of Topliss-reactive ketones (excluding diaryl/α,β-unsaturated/α-hetero) is 2. The van der Waals surface area contributed by atoms with Gasteiger partial charge in [-0.05, 0) is 82.3 Å². The fraction of sp³-hybridized carbons (Fsp3) is 0.465. The Hall–Kier alpha value is -5.11. The minimum Gasteiger partial charge on any atom is -0.508 e. The number of phenolic OH excluding ortho intramolecular Hbond substituents is 1. The number of aliphatic hydroxyl groups excluding tert-OH is 1. The van der Waals surface area contributed by atoms with Gasteiger partial charge in [0.15, 0.2) is 0 Å². The zero-order valence-electron chi connectivity index (χ0n) is 33.4. The molecule has 56 heavy (non-hydrogen) atoms. The molecular weight excluding hydrogens is 718 g/mol. The Morgan fingerprint density at radius 1 is 0.821 bits per heavy atom. The lowest BCUT2D eigenvalue weighted by Gasteiger charge is -2.45. The Morgan fingerprint density at radius 3 is 1.95 bits per heavy atom. The van der Waals surface area contributed by atoms with Crippen LogP contribution in [0.1, 0.15) is 77.5 Å². The first-order valence-electron chi connectivity index (χ1n) is 18.9. The highest BCUT2D eigenvalue weighted by Gasteiger charge is 2.55. The van der Waals surface area contributed by atoms with Crippen molar-refractivity contribution in [2.24, 2.45) is 11.7 Å². The van der Waals surface area contributed by atoms with Crippen LogP contribution in [-0.2, 0) is 52.8 Å². The van der Waals surface area contributed by atoms with E-state index in [-0.39, 0.29) is 18.8 Å². The second-order valence-electron chi connectivity index (χ2n) is 15.2. The number of hydrogen-bond acceptors (Lipinski definition) is 12. The van der Waals surface area contributed by atoms with Crippen molar-refractivity contribution < 1.29 is 48.4 Å². The summed E-state index contributed by atoms with van der Waals surface area (Å²) in [5.74, 6) is -4.59. The minimum atomic E-state index is -2.51. The number of ether oxygens (including phenoxy) is 3. The predicted molar refractivity (Wildman–Crippen MR) is 210 cm³/mol. The molecule has 6 atom stereocenters. The molecule has 0 aliphatic carbocycles. The fourth-order valence-corrected chi connectivity index (χ4v) is 6.12. The first-order valence-corrected chi connectivity index (χ1v) is 18.9. The topological polar surface area (TPSA) is 195 Å². The molecule has 1 unspecified atom stereocenters. The summed E-state index contributed by atoms with van der Waals surface area (Å²) in [5.41, 5.74) is 4.48. The van der Waals surface area contributed by atoms with E-state index in [0.717, 1.165) is 11.3 Å². The molecule has 304 valence electrons. The number of nitrogens with zero attached hydrogens (tertiary/aromatic N) is 1. The van der Waals surface area contributed by atoms with Crippen LogP contribution >= 0.6 is 0 Å². The van der Waals surface area contributed by atoms with Crippen molar-refractivity contribution in [3.05, 3.63) is 102 Å². The zero-order chi connectivity index (χ0) is 41.6. The molecule has 0 aliphatic heterocycles. The summed E-state index contributed by atoms with van der Waals surface area (Å²) in [4.78, 5) is 71.3. The third kappa shape index (κ3) is 13.0. The molecule has 0 radical (unpaired) electrons. The Morgan fingerprint density at radius 2 is 1.39 bits per heavy atom. The van der Waals surface area contributed by atoms with Gasteiger partial charge >= 0.3 is 12.1 Å². The number of carbonyl (C=O) groups is 5. The molecule has 0 fully saturated rings. The average Bonchev–Trinajstić information content (AvgIpc) is 3.16. The van der Waals surface area contributed by atoms with Crippen LogP contribution < -0.4 is 11.1 Å². The van der Waals surface area contributed by atoms with Gasteiger partial charge in [0.05, 0.1) is 12.1 Å². The van der Waals surface area contributed by atoms with Crippen LogP contribution in [0.15, 0.2) is 84.9 Å². The molecule has 0 saturated heterocycles. The van der Waals surface area contributed by atoms with Crippen LogP contribution in [0.3, 0.4) is 0 Å². The second-order valence-corrected chi connectivity index (χ2v) is 15.2. The first kappa shape index (κ1) is 45.3. The molecule has 0 spiro atoms. The molecule has 1 amide bonds. The molecule has 0 saturated carbocycles. The molecule has 13 heteroatoms. The summed E-state index contributed by atoms with van der Waals surface area (Å²) < 4.78 is 17.0. The van der Waals surface area contributed by atoms with E-state index in [2.05, 4.69) is 5.32 Å². The summed E-state index contributed by atoms with van der Waals surface area (Å²) in [7, 11) is 1.29. The molecule has 13 nitrogen and oxygen atoms in total. The smallest absolute Gasteiger partial charge is 0.508 e. The Labute approximate surface area is 329 Å². The summed E-state index contributed by atoms with van der Waals surface area (Å²) in [6.45, 7) is 9.80. The summed E-state index contributed by atoms with van der Waals surface area (Å²) >= 11 is 0. The highest BCUT2D eigenvalue weighted by molar-refractivity contribution is 6.41. The number of nitrogens with one attached hydrogen (secondary N) is 1. The van der Waals surface area contributed by atoms with Crippen LogP contribution in [0.4, 0.5) is 4.79 Å². The van der Waals surface area contributed by atoms with Crippen LogP contribution in [0.25, 0.3) is 0 Å². The number of nitrogens with two attached hydrogens (primary N) is 1. The van der Waals surface area contributed by atoms with E-state index in [1.165, 1.54) is 26.1 Å². The van der Waals surface area contributed by atoms with Crippen molar-refractivity contribution in [2.75, 3.05) is 7.05 Å².